The van der Waals surface area contributed by atoms with E-state index in [1.807, 2.05) is 27.7 Å². The normalized spacial score (nSPS) is 12.8. The van der Waals surface area contributed by atoms with Gasteiger partial charge in [0, 0.05) is 37.2 Å². The zero-order valence-corrected chi connectivity index (χ0v) is 18.7. The Morgan fingerprint density at radius 1 is 0.786 bits per heavy atom. The van der Waals surface area contributed by atoms with Crippen LogP contribution in [0.1, 0.15) is 38.8 Å². The van der Waals surface area contributed by atoms with Crippen molar-refractivity contribution in [2.24, 2.45) is 0 Å². The van der Waals surface area contributed by atoms with Crippen molar-refractivity contribution in [1.29, 1.82) is 0 Å². The summed E-state index contributed by atoms with van der Waals surface area (Å²) in [5.41, 5.74) is 7.18. The highest BCUT2D eigenvalue weighted by Crippen LogP contribution is 2.22. The number of halogens is 3. The number of aromatic nitrogens is 4. The van der Waals surface area contributed by atoms with E-state index >= 15 is 0 Å². The van der Waals surface area contributed by atoms with Gasteiger partial charge in [-0.2, -0.15) is 0 Å². The second-order valence-corrected chi connectivity index (χ2v) is 6.98. The lowest BCUT2D eigenvalue weighted by Gasteiger charge is -2.12. The maximum atomic E-state index is 5.89. The Morgan fingerprint density at radius 3 is 1.61 bits per heavy atom. The van der Waals surface area contributed by atoms with Gasteiger partial charge in [-0.25, -0.2) is 19.9 Å². The highest BCUT2D eigenvalue weighted by molar-refractivity contribution is 6.34. The summed E-state index contributed by atoms with van der Waals surface area (Å²) in [6, 6.07) is 0. The van der Waals surface area contributed by atoms with Crippen molar-refractivity contribution in [3.63, 3.8) is 0 Å². The molecule has 10 heteroatoms. The van der Waals surface area contributed by atoms with Gasteiger partial charge in [-0.15, -0.1) is 0 Å². The molecule has 28 heavy (non-hydrogen) atoms. The zero-order chi connectivity index (χ0) is 21.1. The molecule has 0 aliphatic carbocycles. The van der Waals surface area contributed by atoms with Crippen LogP contribution in [-0.2, 0) is 22.3 Å². The first kappa shape index (κ1) is 24.8. The number of hydrogen-bond donors (Lipinski definition) is 1. The minimum atomic E-state index is 0.0704. The van der Waals surface area contributed by atoms with Gasteiger partial charge in [0.1, 0.15) is 33.9 Å². The first-order valence-corrected chi connectivity index (χ1v) is 10.1. The minimum Gasteiger partial charge on any atom is -0.383 e. The molecule has 0 saturated carbocycles. The van der Waals surface area contributed by atoms with Crippen molar-refractivity contribution in [1.82, 2.24) is 19.9 Å². The van der Waals surface area contributed by atoms with Gasteiger partial charge in [0.2, 0.25) is 0 Å². The van der Waals surface area contributed by atoms with E-state index in [-0.39, 0.29) is 12.2 Å². The van der Waals surface area contributed by atoms with Crippen molar-refractivity contribution < 1.29 is 9.47 Å². The number of nitrogens with zero attached hydrogens (tertiary/aromatic N) is 4. The van der Waals surface area contributed by atoms with E-state index in [0.29, 0.717) is 47.3 Å². The van der Waals surface area contributed by atoms with E-state index in [1.54, 1.807) is 0 Å². The average Bonchev–Trinajstić information content (AvgIpc) is 2.63. The average molecular weight is 451 g/mol. The molecule has 2 N–H and O–H groups in total. The molecular weight excluding hydrogens is 425 g/mol. The van der Waals surface area contributed by atoms with Crippen LogP contribution < -0.4 is 5.73 Å². The molecule has 0 bridgehead atoms. The van der Waals surface area contributed by atoms with Crippen molar-refractivity contribution in [3.05, 3.63) is 39.2 Å². The van der Waals surface area contributed by atoms with Crippen molar-refractivity contribution in [2.75, 3.05) is 18.9 Å². The van der Waals surface area contributed by atoms with Crippen LogP contribution in [0.15, 0.2) is 12.7 Å². The molecule has 156 valence electrons. The molecule has 2 heterocycles. The van der Waals surface area contributed by atoms with Crippen molar-refractivity contribution >= 4 is 40.6 Å². The first-order valence-electron chi connectivity index (χ1n) is 8.92. The SMILES string of the molecule is CCOC(C)Cc1c(Cl)ncnc1Cl.CCOC(C)Cc1c(N)ncnc1Cl. The highest BCUT2D eigenvalue weighted by atomic mass is 35.5. The Bertz CT molecular complexity index is 634. The lowest BCUT2D eigenvalue weighted by Crippen LogP contribution is -2.14. The summed E-state index contributed by atoms with van der Waals surface area (Å²) in [5.74, 6) is 0.427. The fourth-order valence-electron chi connectivity index (χ4n) is 2.39. The summed E-state index contributed by atoms with van der Waals surface area (Å²) in [4.78, 5) is 15.5. The molecule has 2 rings (SSSR count). The quantitative estimate of drug-likeness (QED) is 0.594. The third-order valence-corrected chi connectivity index (χ3v) is 4.63. The number of anilines is 1. The molecule has 2 aromatic heterocycles. The van der Waals surface area contributed by atoms with Gasteiger partial charge < -0.3 is 15.2 Å². The number of ether oxygens (including phenoxy) is 2. The molecular formula is C18H26Cl3N5O2. The number of nitrogen functional groups attached to an aromatic ring is 1. The topological polar surface area (TPSA) is 96.0 Å². The molecule has 0 amide bonds. The zero-order valence-electron chi connectivity index (χ0n) is 16.5. The molecule has 0 saturated heterocycles. The Labute approximate surface area is 180 Å². The second kappa shape index (κ2) is 13.1. The van der Waals surface area contributed by atoms with Gasteiger partial charge in [-0.05, 0) is 27.7 Å². The molecule has 0 aliphatic heterocycles. The lowest BCUT2D eigenvalue weighted by atomic mass is 10.1. The van der Waals surface area contributed by atoms with Crippen LogP contribution in [0.5, 0.6) is 0 Å². The second-order valence-electron chi connectivity index (χ2n) is 5.90. The molecule has 2 atom stereocenters. The molecule has 0 aliphatic rings. The predicted octanol–water partition coefficient (Wildman–Crippen LogP) is 4.43. The van der Waals surface area contributed by atoms with Crippen LogP contribution in [0.25, 0.3) is 0 Å². The van der Waals surface area contributed by atoms with E-state index < -0.39 is 0 Å². The van der Waals surface area contributed by atoms with Crippen molar-refractivity contribution in [3.8, 4) is 0 Å². The number of hydrogen-bond acceptors (Lipinski definition) is 7. The summed E-state index contributed by atoms with van der Waals surface area (Å²) < 4.78 is 10.8. The molecule has 0 fully saturated rings. The van der Waals surface area contributed by atoms with Gasteiger partial charge in [-0.3, -0.25) is 0 Å². The van der Waals surface area contributed by atoms with Gasteiger partial charge in [-0.1, -0.05) is 34.8 Å². The van der Waals surface area contributed by atoms with E-state index in [4.69, 9.17) is 50.0 Å². The van der Waals surface area contributed by atoms with Crippen LogP contribution in [-0.4, -0.2) is 45.4 Å². The highest BCUT2D eigenvalue weighted by Gasteiger charge is 2.12. The van der Waals surface area contributed by atoms with Gasteiger partial charge in [0.05, 0.1) is 12.2 Å². The maximum Gasteiger partial charge on any atom is 0.137 e. The molecule has 2 aromatic rings. The van der Waals surface area contributed by atoms with Crippen LogP contribution in [0.2, 0.25) is 15.5 Å². The van der Waals surface area contributed by atoms with E-state index in [2.05, 4.69) is 19.9 Å². The summed E-state index contributed by atoms with van der Waals surface area (Å²) in [6.07, 6.45) is 4.12. The fraction of sp³-hybridized carbons (Fsp3) is 0.556. The molecule has 7 nitrogen and oxygen atoms in total. The largest absolute Gasteiger partial charge is 0.383 e. The monoisotopic (exact) mass is 449 g/mol. The fourth-order valence-corrected chi connectivity index (χ4v) is 3.08. The summed E-state index contributed by atoms with van der Waals surface area (Å²) in [7, 11) is 0. The third kappa shape index (κ3) is 8.41. The smallest absolute Gasteiger partial charge is 0.137 e. The van der Waals surface area contributed by atoms with Crippen LogP contribution in [0, 0.1) is 0 Å². The number of nitrogens with two attached hydrogens (primary N) is 1. The Kier molecular flexibility index (Phi) is 11.6. The van der Waals surface area contributed by atoms with E-state index in [0.717, 1.165) is 11.1 Å². The third-order valence-electron chi connectivity index (χ3n) is 3.65. The Hall–Kier alpha value is -1.25. The van der Waals surface area contributed by atoms with Gasteiger partial charge in [0.15, 0.2) is 0 Å². The molecule has 0 spiro atoms. The minimum absolute atomic E-state index is 0.0704. The molecule has 2 unspecified atom stereocenters. The van der Waals surface area contributed by atoms with E-state index in [1.165, 1.54) is 12.7 Å². The van der Waals surface area contributed by atoms with Crippen LogP contribution in [0.3, 0.4) is 0 Å². The maximum absolute atomic E-state index is 5.89. The lowest BCUT2D eigenvalue weighted by molar-refractivity contribution is 0.0766. The first-order chi connectivity index (χ1) is 13.3. The molecule has 0 radical (unpaired) electrons. The standard InChI is InChI=1S/C9H12Cl2N2O.C9H14ClN3O/c2*1-3-14-6(2)4-7-8(10)12-5-13-9(7)11/h5-6H,3-4H2,1-2H3;5-6H,3-4H2,1-2H3,(H2,11,12,13). The van der Waals surface area contributed by atoms with Gasteiger partial charge >= 0.3 is 0 Å². The van der Waals surface area contributed by atoms with Crippen molar-refractivity contribution in [2.45, 2.75) is 52.7 Å². The van der Waals surface area contributed by atoms with Crippen LogP contribution >= 0.6 is 34.8 Å². The summed E-state index contributed by atoms with van der Waals surface area (Å²) in [6.45, 7) is 9.16. The Morgan fingerprint density at radius 2 is 1.18 bits per heavy atom. The molecule has 0 aromatic carbocycles. The predicted molar refractivity (Wildman–Crippen MR) is 113 cm³/mol. The summed E-state index contributed by atoms with van der Waals surface area (Å²) >= 11 is 17.7. The van der Waals surface area contributed by atoms with Crippen LogP contribution in [0.4, 0.5) is 5.82 Å². The van der Waals surface area contributed by atoms with E-state index in [9.17, 15) is 0 Å². The number of rotatable bonds is 8. The van der Waals surface area contributed by atoms with Gasteiger partial charge in [0.25, 0.3) is 0 Å². The Balaban J connectivity index is 0.000000280. The summed E-state index contributed by atoms with van der Waals surface area (Å²) in [5, 5.41) is 1.21.